The van der Waals surface area contributed by atoms with Crippen molar-refractivity contribution < 1.29 is 9.59 Å². The lowest BCUT2D eigenvalue weighted by atomic mass is 10.0. The van der Waals surface area contributed by atoms with Crippen LogP contribution in [-0.4, -0.2) is 55.4 Å². The summed E-state index contributed by atoms with van der Waals surface area (Å²) in [7, 11) is 1.75. The number of nitrogens with one attached hydrogen (secondary N) is 2. The van der Waals surface area contributed by atoms with Gasteiger partial charge in [0.15, 0.2) is 0 Å². The number of carbonyl (C=O) groups is 2. The number of nitrogens with zero attached hydrogens (tertiary/aromatic N) is 4. The smallest absolute Gasteiger partial charge is 0.273 e. The van der Waals surface area contributed by atoms with Crippen molar-refractivity contribution in [2.24, 2.45) is 7.05 Å². The van der Waals surface area contributed by atoms with Gasteiger partial charge in [-0.15, -0.1) is 0 Å². The van der Waals surface area contributed by atoms with Gasteiger partial charge in [0.25, 0.3) is 17.0 Å². The summed E-state index contributed by atoms with van der Waals surface area (Å²) >= 11 is 0. The summed E-state index contributed by atoms with van der Waals surface area (Å²) in [6.45, 7) is 1.16. The monoisotopic (exact) mass is 424 g/mol. The molecule has 1 saturated heterocycles. The number of amides is 2. The van der Waals surface area contributed by atoms with Gasteiger partial charge in [0, 0.05) is 38.8 Å². The number of aryl methyl sites for hydroxylation is 2. The molecule has 0 unspecified atom stereocenters. The minimum absolute atomic E-state index is 0.00350. The van der Waals surface area contributed by atoms with E-state index < -0.39 is 0 Å². The van der Waals surface area contributed by atoms with E-state index in [0.717, 1.165) is 0 Å². The van der Waals surface area contributed by atoms with Gasteiger partial charge in [0.05, 0.1) is 29.1 Å². The van der Waals surface area contributed by atoms with Gasteiger partial charge in [0.2, 0.25) is 5.91 Å². The number of likely N-dealkylation sites (tertiary alicyclic amines) is 1. The maximum absolute atomic E-state index is 12.6. The van der Waals surface area contributed by atoms with Crippen molar-refractivity contribution in [1.82, 2.24) is 29.8 Å². The van der Waals surface area contributed by atoms with Crippen LogP contribution in [0.1, 0.15) is 29.6 Å². The standard InChI is InChI=1S/C21H24N6O4/c1-25-13-14(12-22-25)19(29)23-15-6-9-26(10-7-15)18(28)8-11-27-21(31)17-5-3-2-4-16(17)20(30)24-27/h2-5,12-13,15H,6-11H2,1H3,(H,23,29)(H,24,30). The number of aromatic amines is 1. The SMILES string of the molecule is Cn1cc(C(=O)NC2CCN(C(=O)CCn3[nH]c(=O)c4ccccc4c3=O)CC2)cn1. The summed E-state index contributed by atoms with van der Waals surface area (Å²) in [5.41, 5.74) is -0.163. The summed E-state index contributed by atoms with van der Waals surface area (Å²) in [6, 6.07) is 6.61. The Morgan fingerprint density at radius 3 is 2.55 bits per heavy atom. The third kappa shape index (κ3) is 4.42. The molecule has 162 valence electrons. The molecular weight excluding hydrogens is 400 g/mol. The largest absolute Gasteiger partial charge is 0.349 e. The number of fused-ring (bicyclic) bond motifs is 1. The fourth-order valence-electron chi connectivity index (χ4n) is 3.85. The number of hydrogen-bond donors (Lipinski definition) is 2. The van der Waals surface area contributed by atoms with Gasteiger partial charge >= 0.3 is 0 Å². The van der Waals surface area contributed by atoms with Crippen molar-refractivity contribution >= 4 is 22.6 Å². The maximum atomic E-state index is 12.6. The first-order valence-electron chi connectivity index (χ1n) is 10.2. The Morgan fingerprint density at radius 2 is 1.87 bits per heavy atom. The van der Waals surface area contributed by atoms with Gasteiger partial charge in [-0.3, -0.25) is 29.0 Å². The number of rotatable bonds is 5. The molecule has 4 rings (SSSR count). The number of carbonyl (C=O) groups excluding carboxylic acids is 2. The lowest BCUT2D eigenvalue weighted by molar-refractivity contribution is -0.132. The molecule has 1 aliphatic rings. The molecule has 0 bridgehead atoms. The molecule has 0 saturated carbocycles. The Balaban J connectivity index is 1.31. The predicted molar refractivity (Wildman–Crippen MR) is 114 cm³/mol. The third-order valence-electron chi connectivity index (χ3n) is 5.58. The molecule has 1 aliphatic heterocycles. The molecule has 3 heterocycles. The van der Waals surface area contributed by atoms with Crippen LogP contribution in [0.15, 0.2) is 46.2 Å². The zero-order valence-corrected chi connectivity index (χ0v) is 17.2. The zero-order valence-electron chi connectivity index (χ0n) is 17.2. The fourth-order valence-corrected chi connectivity index (χ4v) is 3.85. The Kier molecular flexibility index (Phi) is 5.70. The number of hydrogen-bond acceptors (Lipinski definition) is 5. The summed E-state index contributed by atoms with van der Waals surface area (Å²) in [5, 5.41) is 10.2. The van der Waals surface area contributed by atoms with Gasteiger partial charge in [0.1, 0.15) is 0 Å². The predicted octanol–water partition coefficient (Wildman–Crippen LogP) is 0.234. The average molecular weight is 424 g/mol. The van der Waals surface area contributed by atoms with E-state index in [1.807, 2.05) is 0 Å². The van der Waals surface area contributed by atoms with Gasteiger partial charge in [-0.1, -0.05) is 12.1 Å². The summed E-state index contributed by atoms with van der Waals surface area (Å²) < 4.78 is 2.77. The van der Waals surface area contributed by atoms with Crippen LogP contribution >= 0.6 is 0 Å². The number of H-pyrrole nitrogens is 1. The second kappa shape index (κ2) is 8.58. The molecule has 0 atom stereocenters. The Hall–Kier alpha value is -3.69. The maximum Gasteiger partial charge on any atom is 0.273 e. The molecule has 10 heteroatoms. The molecule has 10 nitrogen and oxygen atoms in total. The Bertz CT molecular complexity index is 1230. The first-order valence-corrected chi connectivity index (χ1v) is 10.2. The van der Waals surface area contributed by atoms with E-state index in [1.165, 1.54) is 10.9 Å². The van der Waals surface area contributed by atoms with E-state index in [4.69, 9.17) is 0 Å². The highest BCUT2D eigenvalue weighted by Gasteiger charge is 2.24. The quantitative estimate of drug-likeness (QED) is 0.607. The molecule has 3 aromatic rings. The van der Waals surface area contributed by atoms with Crippen LogP contribution in [0.3, 0.4) is 0 Å². The highest BCUT2D eigenvalue weighted by molar-refractivity contribution is 5.93. The van der Waals surface area contributed by atoms with Crippen molar-refractivity contribution in [3.05, 3.63) is 62.9 Å². The van der Waals surface area contributed by atoms with Crippen LogP contribution in [-0.2, 0) is 18.4 Å². The van der Waals surface area contributed by atoms with Gasteiger partial charge in [-0.05, 0) is 25.0 Å². The van der Waals surface area contributed by atoms with Crippen molar-refractivity contribution in [3.63, 3.8) is 0 Å². The Labute approximate surface area is 177 Å². The minimum Gasteiger partial charge on any atom is -0.349 e. The summed E-state index contributed by atoms with van der Waals surface area (Å²) in [6.07, 6.45) is 4.61. The molecule has 0 aliphatic carbocycles. The van der Waals surface area contributed by atoms with E-state index in [2.05, 4.69) is 15.5 Å². The molecule has 1 aromatic carbocycles. The highest BCUT2D eigenvalue weighted by atomic mass is 16.2. The second-order valence-corrected chi connectivity index (χ2v) is 7.72. The zero-order chi connectivity index (χ0) is 22.0. The van der Waals surface area contributed by atoms with Crippen molar-refractivity contribution in [2.45, 2.75) is 31.8 Å². The molecular formula is C21H24N6O4. The third-order valence-corrected chi connectivity index (χ3v) is 5.58. The lowest BCUT2D eigenvalue weighted by Crippen LogP contribution is -2.46. The molecule has 1 fully saturated rings. The van der Waals surface area contributed by atoms with E-state index >= 15 is 0 Å². The van der Waals surface area contributed by atoms with Crippen LogP contribution in [0.5, 0.6) is 0 Å². The molecule has 2 amide bonds. The Morgan fingerprint density at radius 1 is 1.16 bits per heavy atom. The van der Waals surface area contributed by atoms with Crippen LogP contribution in [0, 0.1) is 0 Å². The number of piperidine rings is 1. The average Bonchev–Trinajstić information content (AvgIpc) is 3.22. The summed E-state index contributed by atoms with van der Waals surface area (Å²) in [4.78, 5) is 51.3. The van der Waals surface area contributed by atoms with E-state index in [1.54, 1.807) is 47.1 Å². The summed E-state index contributed by atoms with van der Waals surface area (Å²) in [5.74, 6) is -0.254. The van der Waals surface area contributed by atoms with Gasteiger partial charge < -0.3 is 10.2 Å². The van der Waals surface area contributed by atoms with Crippen molar-refractivity contribution in [2.75, 3.05) is 13.1 Å². The molecule has 2 N–H and O–H groups in total. The normalized spacial score (nSPS) is 14.7. The first kappa shape index (κ1) is 20.6. The van der Waals surface area contributed by atoms with E-state index in [0.29, 0.717) is 42.3 Å². The molecule has 31 heavy (non-hydrogen) atoms. The van der Waals surface area contributed by atoms with Crippen LogP contribution in [0.2, 0.25) is 0 Å². The van der Waals surface area contributed by atoms with Crippen molar-refractivity contribution in [1.29, 1.82) is 0 Å². The van der Waals surface area contributed by atoms with Crippen LogP contribution in [0.4, 0.5) is 0 Å². The van der Waals surface area contributed by atoms with E-state index in [-0.39, 0.29) is 41.9 Å². The number of benzene rings is 1. The molecule has 0 radical (unpaired) electrons. The molecule has 2 aromatic heterocycles. The second-order valence-electron chi connectivity index (χ2n) is 7.72. The van der Waals surface area contributed by atoms with Crippen LogP contribution < -0.4 is 16.4 Å². The minimum atomic E-state index is -0.354. The van der Waals surface area contributed by atoms with Crippen molar-refractivity contribution in [3.8, 4) is 0 Å². The first-order chi connectivity index (χ1) is 14.9. The number of aromatic nitrogens is 4. The highest BCUT2D eigenvalue weighted by Crippen LogP contribution is 2.13. The lowest BCUT2D eigenvalue weighted by Gasteiger charge is -2.32. The van der Waals surface area contributed by atoms with Gasteiger partial charge in [-0.25, -0.2) is 4.68 Å². The van der Waals surface area contributed by atoms with Crippen LogP contribution in [0.25, 0.3) is 10.8 Å². The molecule has 0 spiro atoms. The fraction of sp³-hybridized carbons (Fsp3) is 0.381. The van der Waals surface area contributed by atoms with E-state index in [9.17, 15) is 19.2 Å². The topological polar surface area (TPSA) is 122 Å². The van der Waals surface area contributed by atoms with Gasteiger partial charge in [-0.2, -0.15) is 5.10 Å².